The van der Waals surface area contributed by atoms with Gasteiger partial charge >= 0.3 is 0 Å². The molecule has 0 fully saturated rings. The molecule has 98 valence electrons. The predicted octanol–water partition coefficient (Wildman–Crippen LogP) is 4.47. The Labute approximate surface area is 107 Å². The molecule has 16 heavy (non-hydrogen) atoms. The van der Waals surface area contributed by atoms with Crippen LogP contribution in [0.3, 0.4) is 0 Å². The van der Waals surface area contributed by atoms with E-state index in [0.717, 1.165) is 6.04 Å². The SMILES string of the molecule is CCCCC(CC)NCC(CC)(CC)SC. The highest BCUT2D eigenvalue weighted by Gasteiger charge is 2.25. The highest BCUT2D eigenvalue weighted by atomic mass is 32.2. The molecule has 1 nitrogen and oxygen atoms in total. The lowest BCUT2D eigenvalue weighted by atomic mass is 10.0. The lowest BCUT2D eigenvalue weighted by molar-refractivity contribution is 0.406. The van der Waals surface area contributed by atoms with Crippen molar-refractivity contribution in [2.75, 3.05) is 12.8 Å². The Morgan fingerprint density at radius 3 is 2.12 bits per heavy atom. The summed E-state index contributed by atoms with van der Waals surface area (Å²) in [5.74, 6) is 0. The summed E-state index contributed by atoms with van der Waals surface area (Å²) >= 11 is 2.03. The molecule has 1 unspecified atom stereocenters. The van der Waals surface area contributed by atoms with E-state index in [2.05, 4.69) is 39.3 Å². The topological polar surface area (TPSA) is 12.0 Å². The van der Waals surface area contributed by atoms with Crippen LogP contribution in [0.25, 0.3) is 0 Å². The fraction of sp³-hybridized carbons (Fsp3) is 1.00. The van der Waals surface area contributed by atoms with E-state index in [4.69, 9.17) is 0 Å². The van der Waals surface area contributed by atoms with Crippen molar-refractivity contribution >= 4 is 11.8 Å². The molecule has 0 heterocycles. The van der Waals surface area contributed by atoms with E-state index in [1.54, 1.807) is 0 Å². The summed E-state index contributed by atoms with van der Waals surface area (Å²) in [6.07, 6.45) is 10.1. The van der Waals surface area contributed by atoms with Crippen molar-refractivity contribution in [3.63, 3.8) is 0 Å². The summed E-state index contributed by atoms with van der Waals surface area (Å²) in [5.41, 5.74) is 0. The van der Waals surface area contributed by atoms with Crippen LogP contribution in [0.4, 0.5) is 0 Å². The average Bonchev–Trinajstić information content (AvgIpc) is 2.35. The first-order valence-electron chi connectivity index (χ1n) is 6.96. The summed E-state index contributed by atoms with van der Waals surface area (Å²) in [5, 5.41) is 3.78. The molecule has 0 spiro atoms. The van der Waals surface area contributed by atoms with Crippen molar-refractivity contribution in [2.45, 2.75) is 77.0 Å². The second kappa shape index (κ2) is 9.35. The van der Waals surface area contributed by atoms with Crippen LogP contribution in [0.2, 0.25) is 0 Å². The molecule has 0 saturated carbocycles. The number of rotatable bonds is 10. The number of hydrogen-bond donors (Lipinski definition) is 1. The van der Waals surface area contributed by atoms with Gasteiger partial charge in [0.2, 0.25) is 0 Å². The van der Waals surface area contributed by atoms with Gasteiger partial charge in [-0.15, -0.1) is 0 Å². The minimum Gasteiger partial charge on any atom is -0.313 e. The van der Waals surface area contributed by atoms with Gasteiger partial charge in [-0.25, -0.2) is 0 Å². The van der Waals surface area contributed by atoms with Gasteiger partial charge in [-0.2, -0.15) is 11.8 Å². The van der Waals surface area contributed by atoms with Crippen LogP contribution in [-0.4, -0.2) is 23.6 Å². The zero-order chi connectivity index (χ0) is 12.4. The molecular weight excluding hydrogens is 214 g/mol. The van der Waals surface area contributed by atoms with Crippen LogP contribution in [0.1, 0.15) is 66.2 Å². The first-order valence-corrected chi connectivity index (χ1v) is 8.18. The lowest BCUT2D eigenvalue weighted by Crippen LogP contribution is -2.41. The van der Waals surface area contributed by atoms with E-state index in [1.165, 1.54) is 45.1 Å². The standard InChI is InChI=1S/C14H31NS/c1-6-10-11-13(7-2)15-12-14(8-3,9-4)16-5/h13,15H,6-12H2,1-5H3. The van der Waals surface area contributed by atoms with E-state index in [0.29, 0.717) is 4.75 Å². The first kappa shape index (κ1) is 16.3. The van der Waals surface area contributed by atoms with Crippen molar-refractivity contribution in [1.82, 2.24) is 5.32 Å². The van der Waals surface area contributed by atoms with E-state index in [9.17, 15) is 0 Å². The third-order valence-electron chi connectivity index (χ3n) is 3.83. The van der Waals surface area contributed by atoms with Crippen molar-refractivity contribution < 1.29 is 0 Å². The Hall–Kier alpha value is 0.310. The second-order valence-corrected chi connectivity index (χ2v) is 6.00. The van der Waals surface area contributed by atoms with Gasteiger partial charge in [-0.3, -0.25) is 0 Å². The van der Waals surface area contributed by atoms with Gasteiger partial charge in [0, 0.05) is 17.3 Å². The molecule has 0 aliphatic rings. The monoisotopic (exact) mass is 245 g/mol. The molecule has 1 N–H and O–H groups in total. The Balaban J connectivity index is 4.05. The van der Waals surface area contributed by atoms with Gasteiger partial charge in [-0.05, 0) is 31.9 Å². The summed E-state index contributed by atoms with van der Waals surface area (Å²) < 4.78 is 0.458. The molecule has 1 atom stereocenters. The molecule has 0 aliphatic carbocycles. The van der Waals surface area contributed by atoms with Gasteiger partial charge in [0.05, 0.1) is 0 Å². The highest BCUT2D eigenvalue weighted by molar-refractivity contribution is 8.00. The Morgan fingerprint density at radius 2 is 1.75 bits per heavy atom. The minimum absolute atomic E-state index is 0.458. The van der Waals surface area contributed by atoms with E-state index >= 15 is 0 Å². The van der Waals surface area contributed by atoms with E-state index < -0.39 is 0 Å². The van der Waals surface area contributed by atoms with Crippen LogP contribution >= 0.6 is 11.8 Å². The Kier molecular flexibility index (Phi) is 9.53. The fourth-order valence-electron chi connectivity index (χ4n) is 2.09. The van der Waals surface area contributed by atoms with E-state index in [-0.39, 0.29) is 0 Å². The van der Waals surface area contributed by atoms with Crippen molar-refractivity contribution in [2.24, 2.45) is 0 Å². The molecule has 0 bridgehead atoms. The fourth-order valence-corrected chi connectivity index (χ4v) is 2.90. The number of unbranched alkanes of at least 4 members (excludes halogenated alkanes) is 1. The molecule has 0 aliphatic heterocycles. The zero-order valence-corrected chi connectivity index (χ0v) is 12.8. The predicted molar refractivity (Wildman–Crippen MR) is 78.4 cm³/mol. The summed E-state index contributed by atoms with van der Waals surface area (Å²) in [4.78, 5) is 0. The van der Waals surface area contributed by atoms with Crippen LogP contribution < -0.4 is 5.32 Å². The average molecular weight is 245 g/mol. The van der Waals surface area contributed by atoms with Crippen molar-refractivity contribution in [1.29, 1.82) is 0 Å². The molecule has 0 aromatic carbocycles. The zero-order valence-electron chi connectivity index (χ0n) is 11.9. The summed E-state index contributed by atoms with van der Waals surface area (Å²) in [6.45, 7) is 10.4. The lowest BCUT2D eigenvalue weighted by Gasteiger charge is -2.32. The summed E-state index contributed by atoms with van der Waals surface area (Å²) in [6, 6.07) is 0.726. The minimum atomic E-state index is 0.458. The van der Waals surface area contributed by atoms with Crippen molar-refractivity contribution in [3.8, 4) is 0 Å². The van der Waals surface area contributed by atoms with Gasteiger partial charge < -0.3 is 5.32 Å². The van der Waals surface area contributed by atoms with Gasteiger partial charge in [-0.1, -0.05) is 40.5 Å². The summed E-state index contributed by atoms with van der Waals surface area (Å²) in [7, 11) is 0. The maximum Gasteiger partial charge on any atom is 0.0276 e. The molecule has 0 rings (SSSR count). The third kappa shape index (κ3) is 5.58. The van der Waals surface area contributed by atoms with Crippen molar-refractivity contribution in [3.05, 3.63) is 0 Å². The molecule has 2 heteroatoms. The number of nitrogens with one attached hydrogen (secondary N) is 1. The molecule has 0 radical (unpaired) electrons. The molecule has 0 saturated heterocycles. The molecule has 0 amide bonds. The Morgan fingerprint density at radius 1 is 1.12 bits per heavy atom. The largest absolute Gasteiger partial charge is 0.313 e. The number of thioether (sulfide) groups is 1. The van der Waals surface area contributed by atoms with Gasteiger partial charge in [0.15, 0.2) is 0 Å². The van der Waals surface area contributed by atoms with E-state index in [1.807, 2.05) is 11.8 Å². The quantitative estimate of drug-likeness (QED) is 0.609. The van der Waals surface area contributed by atoms with Crippen LogP contribution in [0.5, 0.6) is 0 Å². The maximum absolute atomic E-state index is 3.78. The molecular formula is C14H31NS. The van der Waals surface area contributed by atoms with Crippen LogP contribution in [0, 0.1) is 0 Å². The van der Waals surface area contributed by atoms with Gasteiger partial charge in [0.1, 0.15) is 0 Å². The first-order chi connectivity index (χ1) is 7.67. The van der Waals surface area contributed by atoms with Crippen LogP contribution in [0.15, 0.2) is 0 Å². The normalized spacial score (nSPS) is 14.1. The highest BCUT2D eigenvalue weighted by Crippen LogP contribution is 2.29. The second-order valence-electron chi connectivity index (χ2n) is 4.72. The maximum atomic E-state index is 3.78. The molecule has 0 aromatic rings. The smallest absolute Gasteiger partial charge is 0.0276 e. The number of hydrogen-bond acceptors (Lipinski definition) is 2. The van der Waals surface area contributed by atoms with Gasteiger partial charge in [0.25, 0.3) is 0 Å². The third-order valence-corrected chi connectivity index (χ3v) is 5.42. The molecule has 0 aromatic heterocycles. The van der Waals surface area contributed by atoms with Crippen LogP contribution in [-0.2, 0) is 0 Å². The Bertz CT molecular complexity index is 147.